The van der Waals surface area contributed by atoms with Crippen LogP contribution in [0.3, 0.4) is 0 Å². The molecule has 100 valence electrons. The number of carbonyl (C=O) groups is 1. The highest BCUT2D eigenvalue weighted by Crippen LogP contribution is 2.14. The third-order valence-electron chi connectivity index (χ3n) is 2.22. The lowest BCUT2D eigenvalue weighted by molar-refractivity contribution is -0.384. The largest absolute Gasteiger partial charge is 0.458 e. The summed E-state index contributed by atoms with van der Waals surface area (Å²) in [6, 6.07) is 6.02. The molecule has 0 saturated heterocycles. The summed E-state index contributed by atoms with van der Waals surface area (Å²) in [6.45, 7) is 2.21. The lowest BCUT2D eigenvalue weighted by Crippen LogP contribution is -1.99. The lowest BCUT2D eigenvalue weighted by atomic mass is 10.2. The van der Waals surface area contributed by atoms with Crippen LogP contribution in [0.25, 0.3) is 6.08 Å². The summed E-state index contributed by atoms with van der Waals surface area (Å²) in [4.78, 5) is 21.4. The topological polar surface area (TPSA) is 69.4 Å². The first-order valence-electron chi connectivity index (χ1n) is 5.87. The molecule has 0 amide bonds. The highest BCUT2D eigenvalue weighted by Gasteiger charge is 2.04. The monoisotopic (exact) mass is 261 g/mol. The van der Waals surface area contributed by atoms with Crippen molar-refractivity contribution in [3.05, 3.63) is 58.2 Å². The Balaban J connectivity index is 2.56. The maximum absolute atomic E-state index is 11.3. The standard InChI is InChI=1S/C14H15NO4/c1-2-3-4-10-19-14(16)9-8-12-6-5-7-13(11-12)15(17)18/h3-9,11H,2,10H2,1H3. The number of carbonyl (C=O) groups excluding carboxylic acids is 1. The minimum atomic E-state index is -0.481. The zero-order chi connectivity index (χ0) is 14.1. The summed E-state index contributed by atoms with van der Waals surface area (Å²) in [7, 11) is 0. The Labute approximate surface area is 111 Å². The maximum atomic E-state index is 11.3. The number of esters is 1. The van der Waals surface area contributed by atoms with E-state index in [0.29, 0.717) is 5.56 Å². The number of ether oxygens (including phenoxy) is 1. The van der Waals surface area contributed by atoms with E-state index in [0.717, 1.165) is 6.42 Å². The first kappa shape index (κ1) is 14.6. The molecule has 1 aromatic rings. The van der Waals surface area contributed by atoms with E-state index in [1.165, 1.54) is 24.3 Å². The molecular formula is C14H15NO4. The summed E-state index contributed by atoms with van der Waals surface area (Å²) in [5.41, 5.74) is 0.566. The van der Waals surface area contributed by atoms with Gasteiger partial charge < -0.3 is 4.74 Å². The van der Waals surface area contributed by atoms with Gasteiger partial charge in [-0.25, -0.2) is 4.79 Å². The number of hydrogen-bond acceptors (Lipinski definition) is 4. The summed E-state index contributed by atoms with van der Waals surface area (Å²) >= 11 is 0. The zero-order valence-corrected chi connectivity index (χ0v) is 10.6. The van der Waals surface area contributed by atoms with E-state index in [9.17, 15) is 14.9 Å². The second kappa shape index (κ2) is 7.81. The molecule has 0 aromatic heterocycles. The van der Waals surface area contributed by atoms with Crippen molar-refractivity contribution in [2.24, 2.45) is 0 Å². The van der Waals surface area contributed by atoms with Gasteiger partial charge in [0.15, 0.2) is 0 Å². The van der Waals surface area contributed by atoms with Gasteiger partial charge in [0.1, 0.15) is 6.61 Å². The Morgan fingerprint density at radius 2 is 2.21 bits per heavy atom. The van der Waals surface area contributed by atoms with Crippen LogP contribution >= 0.6 is 0 Å². The Bertz CT molecular complexity index is 506. The Morgan fingerprint density at radius 1 is 1.42 bits per heavy atom. The van der Waals surface area contributed by atoms with Gasteiger partial charge in [0.05, 0.1) is 4.92 Å². The van der Waals surface area contributed by atoms with Crippen molar-refractivity contribution in [3.63, 3.8) is 0 Å². The lowest BCUT2D eigenvalue weighted by Gasteiger charge is -1.97. The van der Waals surface area contributed by atoms with Gasteiger partial charge in [0, 0.05) is 18.2 Å². The van der Waals surface area contributed by atoms with Gasteiger partial charge in [-0.15, -0.1) is 0 Å². The normalized spacial score (nSPS) is 11.0. The Kier molecular flexibility index (Phi) is 6.02. The van der Waals surface area contributed by atoms with Gasteiger partial charge in [-0.1, -0.05) is 31.2 Å². The fraction of sp³-hybridized carbons (Fsp3) is 0.214. The van der Waals surface area contributed by atoms with E-state index in [1.807, 2.05) is 13.0 Å². The first-order valence-corrected chi connectivity index (χ1v) is 5.87. The number of hydrogen-bond donors (Lipinski definition) is 0. The van der Waals surface area contributed by atoms with Crippen LogP contribution in [-0.2, 0) is 9.53 Å². The van der Waals surface area contributed by atoms with E-state index >= 15 is 0 Å². The van der Waals surface area contributed by atoms with Crippen molar-refractivity contribution in [1.29, 1.82) is 0 Å². The third-order valence-corrected chi connectivity index (χ3v) is 2.22. The number of rotatable bonds is 6. The van der Waals surface area contributed by atoms with Gasteiger partial charge >= 0.3 is 5.97 Å². The summed E-state index contributed by atoms with van der Waals surface area (Å²) < 4.78 is 4.90. The molecule has 0 spiro atoms. The van der Waals surface area contributed by atoms with Crippen LogP contribution in [0.2, 0.25) is 0 Å². The molecule has 5 nitrogen and oxygen atoms in total. The molecular weight excluding hydrogens is 246 g/mol. The number of nitro groups is 1. The van der Waals surface area contributed by atoms with E-state index in [-0.39, 0.29) is 12.3 Å². The molecule has 0 fully saturated rings. The van der Waals surface area contributed by atoms with Crippen LogP contribution in [0.15, 0.2) is 42.5 Å². The summed E-state index contributed by atoms with van der Waals surface area (Å²) in [5.74, 6) is -0.479. The number of non-ortho nitro benzene ring substituents is 1. The molecule has 0 N–H and O–H groups in total. The van der Waals surface area contributed by atoms with E-state index < -0.39 is 10.9 Å². The van der Waals surface area contributed by atoms with Crippen molar-refractivity contribution in [3.8, 4) is 0 Å². The number of nitrogens with zero attached hydrogens (tertiary/aromatic N) is 1. The third kappa shape index (κ3) is 5.63. The predicted octanol–water partition coefficient (Wildman–Crippen LogP) is 3.12. The smallest absolute Gasteiger partial charge is 0.331 e. The molecule has 1 rings (SSSR count). The maximum Gasteiger partial charge on any atom is 0.331 e. The SMILES string of the molecule is CCC=CCOC(=O)C=Cc1cccc([N+](=O)[O-])c1. The minimum Gasteiger partial charge on any atom is -0.458 e. The first-order chi connectivity index (χ1) is 9.13. The van der Waals surface area contributed by atoms with Crippen molar-refractivity contribution in [1.82, 2.24) is 0 Å². The number of benzene rings is 1. The number of nitro benzene ring substituents is 1. The molecule has 0 radical (unpaired) electrons. The molecule has 0 bridgehead atoms. The average Bonchev–Trinajstić information content (AvgIpc) is 2.41. The highest BCUT2D eigenvalue weighted by atomic mass is 16.6. The quantitative estimate of drug-likeness (QED) is 0.259. The highest BCUT2D eigenvalue weighted by molar-refractivity contribution is 5.87. The molecule has 1 aromatic carbocycles. The van der Waals surface area contributed by atoms with E-state index in [4.69, 9.17) is 4.74 Å². The molecule has 0 heterocycles. The zero-order valence-electron chi connectivity index (χ0n) is 10.6. The molecule has 0 aliphatic carbocycles. The van der Waals surface area contributed by atoms with Crippen molar-refractivity contribution in [2.45, 2.75) is 13.3 Å². The van der Waals surface area contributed by atoms with Crippen LogP contribution in [0.1, 0.15) is 18.9 Å². The van der Waals surface area contributed by atoms with Gasteiger partial charge in [0.2, 0.25) is 0 Å². The second-order valence-corrected chi connectivity index (χ2v) is 3.70. The summed E-state index contributed by atoms with van der Waals surface area (Å²) in [6.07, 6.45) is 7.29. The Morgan fingerprint density at radius 3 is 2.89 bits per heavy atom. The molecule has 0 unspecified atom stereocenters. The summed E-state index contributed by atoms with van der Waals surface area (Å²) in [5, 5.41) is 10.6. The van der Waals surface area contributed by atoms with E-state index in [2.05, 4.69) is 0 Å². The van der Waals surface area contributed by atoms with Crippen molar-refractivity contribution in [2.75, 3.05) is 6.61 Å². The number of allylic oxidation sites excluding steroid dienone is 1. The van der Waals surface area contributed by atoms with Crippen LogP contribution in [0, 0.1) is 10.1 Å². The van der Waals surface area contributed by atoms with Gasteiger partial charge in [-0.2, -0.15) is 0 Å². The van der Waals surface area contributed by atoms with Crippen LogP contribution in [0.4, 0.5) is 5.69 Å². The van der Waals surface area contributed by atoms with Gasteiger partial charge in [-0.3, -0.25) is 10.1 Å². The fourth-order valence-electron chi connectivity index (χ4n) is 1.32. The van der Waals surface area contributed by atoms with Crippen LogP contribution < -0.4 is 0 Å². The molecule has 0 atom stereocenters. The van der Waals surface area contributed by atoms with Gasteiger partial charge in [0.25, 0.3) is 5.69 Å². The van der Waals surface area contributed by atoms with Gasteiger partial charge in [-0.05, 0) is 18.1 Å². The molecule has 0 aliphatic heterocycles. The molecule has 0 aliphatic rings. The molecule has 19 heavy (non-hydrogen) atoms. The average molecular weight is 261 g/mol. The predicted molar refractivity (Wildman–Crippen MR) is 72.5 cm³/mol. The van der Waals surface area contributed by atoms with Crippen LogP contribution in [0.5, 0.6) is 0 Å². The minimum absolute atomic E-state index is 0.0126. The fourth-order valence-corrected chi connectivity index (χ4v) is 1.32. The van der Waals surface area contributed by atoms with E-state index in [1.54, 1.807) is 18.2 Å². The molecule has 5 heteroatoms. The second-order valence-electron chi connectivity index (χ2n) is 3.70. The molecule has 0 saturated carbocycles. The Hall–Kier alpha value is -2.43. The van der Waals surface area contributed by atoms with Crippen LogP contribution in [-0.4, -0.2) is 17.5 Å². The van der Waals surface area contributed by atoms with Crippen molar-refractivity contribution >= 4 is 17.7 Å². The van der Waals surface area contributed by atoms with Crippen molar-refractivity contribution < 1.29 is 14.5 Å².